The van der Waals surface area contributed by atoms with Crippen molar-refractivity contribution >= 4 is 17.7 Å². The number of rotatable bonds is 8. The van der Waals surface area contributed by atoms with E-state index in [9.17, 15) is 0 Å². The molecule has 0 spiro atoms. The summed E-state index contributed by atoms with van der Waals surface area (Å²) in [6.45, 7) is 5.04. The van der Waals surface area contributed by atoms with Crippen molar-refractivity contribution in [1.82, 2.24) is 10.6 Å². The lowest BCUT2D eigenvalue weighted by atomic mass is 9.83. The lowest BCUT2D eigenvalue weighted by molar-refractivity contribution is 0.138. The second-order valence-electron chi connectivity index (χ2n) is 5.80. The van der Waals surface area contributed by atoms with E-state index in [2.05, 4.69) is 28.8 Å². The number of methoxy groups -OCH3 is 1. The molecule has 0 aromatic carbocycles. The molecule has 1 atom stereocenters. The van der Waals surface area contributed by atoms with Gasteiger partial charge < -0.3 is 15.4 Å². The molecule has 1 saturated carbocycles. The number of thioether (sulfide) groups is 1. The van der Waals surface area contributed by atoms with Crippen LogP contribution in [0.15, 0.2) is 4.99 Å². The molecule has 4 nitrogen and oxygen atoms in total. The number of nitrogens with one attached hydrogen (secondary N) is 2. The maximum Gasteiger partial charge on any atom is 0.191 e. The summed E-state index contributed by atoms with van der Waals surface area (Å²) in [5.74, 6) is 0.926. The molecule has 1 rings (SSSR count). The van der Waals surface area contributed by atoms with Gasteiger partial charge in [0.05, 0.1) is 0 Å². The molecule has 0 bridgehead atoms. The monoisotopic (exact) mass is 301 g/mol. The highest BCUT2D eigenvalue weighted by molar-refractivity contribution is 7.99. The number of guanidine groups is 1. The Morgan fingerprint density at radius 3 is 2.60 bits per heavy atom. The van der Waals surface area contributed by atoms with Gasteiger partial charge in [0.2, 0.25) is 0 Å². The molecule has 1 unspecified atom stereocenters. The van der Waals surface area contributed by atoms with E-state index in [-0.39, 0.29) is 0 Å². The van der Waals surface area contributed by atoms with E-state index in [1.807, 2.05) is 18.8 Å². The standard InChI is InChI=1S/C15H31N3OS/c1-13(20-4)11-17-14(16-2)18-12-15(9-10-19-3)7-5-6-8-15/h13H,5-12H2,1-4H3,(H2,16,17,18). The van der Waals surface area contributed by atoms with E-state index in [1.165, 1.54) is 25.7 Å². The second-order valence-corrected chi connectivity index (χ2v) is 7.08. The third-order valence-electron chi connectivity index (χ3n) is 4.31. The van der Waals surface area contributed by atoms with E-state index in [0.717, 1.165) is 32.1 Å². The van der Waals surface area contributed by atoms with Gasteiger partial charge in [0.25, 0.3) is 0 Å². The van der Waals surface area contributed by atoms with E-state index in [4.69, 9.17) is 4.74 Å². The second kappa shape index (κ2) is 9.50. The van der Waals surface area contributed by atoms with Gasteiger partial charge in [0, 0.05) is 39.1 Å². The highest BCUT2D eigenvalue weighted by Crippen LogP contribution is 2.40. The minimum Gasteiger partial charge on any atom is -0.385 e. The highest BCUT2D eigenvalue weighted by Gasteiger charge is 2.33. The first-order chi connectivity index (χ1) is 9.65. The predicted octanol–water partition coefficient (Wildman–Crippen LogP) is 2.50. The Morgan fingerprint density at radius 1 is 1.35 bits per heavy atom. The van der Waals surface area contributed by atoms with Gasteiger partial charge in [-0.25, -0.2) is 0 Å². The lowest BCUT2D eigenvalue weighted by Crippen LogP contribution is -2.44. The van der Waals surface area contributed by atoms with Crippen LogP contribution in [0.3, 0.4) is 0 Å². The largest absolute Gasteiger partial charge is 0.385 e. The van der Waals surface area contributed by atoms with Gasteiger partial charge >= 0.3 is 0 Å². The number of nitrogens with zero attached hydrogens (tertiary/aromatic N) is 1. The Balaban J connectivity index is 2.40. The van der Waals surface area contributed by atoms with E-state index in [0.29, 0.717) is 10.7 Å². The van der Waals surface area contributed by atoms with Gasteiger partial charge in [-0.15, -0.1) is 0 Å². The van der Waals surface area contributed by atoms with Crippen LogP contribution in [0.25, 0.3) is 0 Å². The summed E-state index contributed by atoms with van der Waals surface area (Å²) in [4.78, 5) is 4.32. The summed E-state index contributed by atoms with van der Waals surface area (Å²) in [5, 5.41) is 7.52. The average molecular weight is 302 g/mol. The van der Waals surface area contributed by atoms with Crippen molar-refractivity contribution in [2.45, 2.75) is 44.3 Å². The predicted molar refractivity (Wildman–Crippen MR) is 89.7 cm³/mol. The van der Waals surface area contributed by atoms with Crippen LogP contribution in [0.1, 0.15) is 39.0 Å². The van der Waals surface area contributed by atoms with Gasteiger partial charge in [-0.3, -0.25) is 4.99 Å². The molecule has 0 aromatic rings. The van der Waals surface area contributed by atoms with Crippen molar-refractivity contribution in [2.75, 3.05) is 40.1 Å². The first-order valence-electron chi connectivity index (χ1n) is 7.62. The Morgan fingerprint density at radius 2 is 2.05 bits per heavy atom. The van der Waals surface area contributed by atoms with Crippen molar-refractivity contribution in [2.24, 2.45) is 10.4 Å². The maximum absolute atomic E-state index is 5.28. The molecule has 20 heavy (non-hydrogen) atoms. The molecule has 0 amide bonds. The molecule has 0 aliphatic heterocycles. The van der Waals surface area contributed by atoms with Crippen LogP contribution in [-0.4, -0.2) is 51.3 Å². The maximum atomic E-state index is 5.28. The van der Waals surface area contributed by atoms with Crippen molar-refractivity contribution in [3.8, 4) is 0 Å². The van der Waals surface area contributed by atoms with Crippen LogP contribution >= 0.6 is 11.8 Å². The minimum absolute atomic E-state index is 0.402. The van der Waals surface area contributed by atoms with E-state index in [1.54, 1.807) is 7.11 Å². The van der Waals surface area contributed by atoms with Gasteiger partial charge in [-0.05, 0) is 30.9 Å². The summed E-state index contributed by atoms with van der Waals surface area (Å²) in [5.41, 5.74) is 0.402. The van der Waals surface area contributed by atoms with Crippen molar-refractivity contribution < 1.29 is 4.74 Å². The van der Waals surface area contributed by atoms with Gasteiger partial charge in [0.15, 0.2) is 5.96 Å². The zero-order valence-corrected chi connectivity index (χ0v) is 14.3. The average Bonchev–Trinajstić information content (AvgIpc) is 2.94. The first kappa shape index (κ1) is 17.6. The SMILES string of the molecule is CN=C(NCC(C)SC)NCC1(CCOC)CCCC1. The summed E-state index contributed by atoms with van der Waals surface area (Å²) >= 11 is 1.87. The molecule has 5 heteroatoms. The van der Waals surface area contributed by atoms with Gasteiger partial charge in [0.1, 0.15) is 0 Å². The van der Waals surface area contributed by atoms with Crippen LogP contribution < -0.4 is 10.6 Å². The number of ether oxygens (including phenoxy) is 1. The molecule has 0 saturated heterocycles. The van der Waals surface area contributed by atoms with Crippen LogP contribution in [-0.2, 0) is 4.74 Å². The van der Waals surface area contributed by atoms with Gasteiger partial charge in [-0.2, -0.15) is 11.8 Å². The minimum atomic E-state index is 0.402. The van der Waals surface area contributed by atoms with Crippen LogP contribution in [0.5, 0.6) is 0 Å². The van der Waals surface area contributed by atoms with Crippen LogP contribution in [0, 0.1) is 5.41 Å². The molecule has 0 radical (unpaired) electrons. The summed E-state index contributed by atoms with van der Waals surface area (Å²) in [6.07, 6.45) is 8.60. The third-order valence-corrected chi connectivity index (χ3v) is 5.29. The van der Waals surface area contributed by atoms with E-state index < -0.39 is 0 Å². The molecule has 2 N–H and O–H groups in total. The van der Waals surface area contributed by atoms with Crippen molar-refractivity contribution in [3.05, 3.63) is 0 Å². The molecule has 0 heterocycles. The van der Waals surface area contributed by atoms with Crippen molar-refractivity contribution in [3.63, 3.8) is 0 Å². The quantitative estimate of drug-likeness (QED) is 0.534. The highest BCUT2D eigenvalue weighted by atomic mass is 32.2. The Bertz CT molecular complexity index is 291. The molecule has 1 aliphatic rings. The normalized spacial score (nSPS) is 19.9. The fraction of sp³-hybridized carbons (Fsp3) is 0.933. The molecular formula is C15H31N3OS. The van der Waals surface area contributed by atoms with Crippen LogP contribution in [0.2, 0.25) is 0 Å². The number of aliphatic imine (C=N–C) groups is 1. The fourth-order valence-corrected chi connectivity index (χ4v) is 3.02. The smallest absolute Gasteiger partial charge is 0.191 e. The summed E-state index contributed by atoms with van der Waals surface area (Å²) < 4.78 is 5.28. The molecular weight excluding hydrogens is 270 g/mol. The molecule has 1 aliphatic carbocycles. The first-order valence-corrected chi connectivity index (χ1v) is 8.91. The Labute approximate surface area is 128 Å². The summed E-state index contributed by atoms with van der Waals surface area (Å²) in [7, 11) is 3.63. The Kier molecular flexibility index (Phi) is 8.38. The molecule has 1 fully saturated rings. The van der Waals surface area contributed by atoms with Crippen LogP contribution in [0.4, 0.5) is 0 Å². The lowest BCUT2D eigenvalue weighted by Gasteiger charge is -2.30. The topological polar surface area (TPSA) is 45.7 Å². The molecule has 118 valence electrons. The fourth-order valence-electron chi connectivity index (χ4n) is 2.77. The number of hydrogen-bond acceptors (Lipinski definition) is 3. The van der Waals surface area contributed by atoms with Crippen molar-refractivity contribution in [1.29, 1.82) is 0 Å². The third kappa shape index (κ3) is 5.92. The zero-order chi connectivity index (χ0) is 14.8. The number of hydrogen-bond donors (Lipinski definition) is 2. The van der Waals surface area contributed by atoms with Gasteiger partial charge in [-0.1, -0.05) is 19.8 Å². The Hall–Kier alpha value is -0.420. The molecule has 0 aromatic heterocycles. The van der Waals surface area contributed by atoms with E-state index >= 15 is 0 Å². The summed E-state index contributed by atoms with van der Waals surface area (Å²) in [6, 6.07) is 0. The zero-order valence-electron chi connectivity index (χ0n) is 13.5.